The molecule has 150 valence electrons. The molecule has 29 heavy (non-hydrogen) atoms. The minimum Gasteiger partial charge on any atom is -0.494 e. The van der Waals surface area contributed by atoms with E-state index in [1.54, 1.807) is 17.0 Å². The fourth-order valence-electron chi connectivity index (χ4n) is 3.70. The first kappa shape index (κ1) is 19.5. The predicted molar refractivity (Wildman–Crippen MR) is 114 cm³/mol. The number of nitrogens with zero attached hydrogens (tertiary/aromatic N) is 3. The average molecular weight is 410 g/mol. The molecule has 0 bridgehead atoms. The summed E-state index contributed by atoms with van der Waals surface area (Å²) in [4.78, 5) is 14.8. The number of para-hydroxylation sites is 1. The molecule has 0 atom stereocenters. The van der Waals surface area contributed by atoms with E-state index in [-0.39, 0.29) is 5.91 Å². The molecular weight excluding hydrogens is 386 g/mol. The second-order valence-electron chi connectivity index (χ2n) is 7.26. The molecule has 0 fully saturated rings. The number of carbonyl (C=O) groups excluding carboxylic acids is 1. The largest absolute Gasteiger partial charge is 0.494 e. The molecule has 1 heterocycles. The minimum absolute atomic E-state index is 0.0238. The first-order valence-corrected chi connectivity index (χ1v) is 10.3. The highest BCUT2D eigenvalue weighted by molar-refractivity contribution is 6.30. The van der Waals surface area contributed by atoms with Crippen molar-refractivity contribution in [3.8, 4) is 11.4 Å². The smallest absolute Gasteiger partial charge is 0.274 e. The Balaban J connectivity index is 1.39. The monoisotopic (exact) mass is 409 g/mol. The average Bonchev–Trinajstić information content (AvgIpc) is 3.35. The summed E-state index contributed by atoms with van der Waals surface area (Å²) in [6, 6.07) is 17.3. The van der Waals surface area contributed by atoms with Gasteiger partial charge in [-0.15, -0.1) is 0 Å². The van der Waals surface area contributed by atoms with Crippen molar-refractivity contribution >= 4 is 17.5 Å². The van der Waals surface area contributed by atoms with Gasteiger partial charge in [0.15, 0.2) is 5.69 Å². The topological polar surface area (TPSA) is 47.4 Å². The molecule has 1 amide bonds. The number of benzene rings is 2. The standard InChI is InChI=1S/C23H24ClN3O2/c1-26(15-6-16-29-19-13-11-17(24)12-14-19)23(28)22-20-9-5-10-21(20)27(25-22)18-7-3-2-4-8-18/h2-4,7-8,11-14H,5-6,9-10,15-16H2,1H3. The Morgan fingerprint density at radius 1 is 1.14 bits per heavy atom. The lowest BCUT2D eigenvalue weighted by Crippen LogP contribution is -2.29. The number of carbonyl (C=O) groups is 1. The molecule has 0 N–H and O–H groups in total. The lowest BCUT2D eigenvalue weighted by Gasteiger charge is -2.16. The lowest BCUT2D eigenvalue weighted by atomic mass is 10.2. The van der Waals surface area contributed by atoms with Gasteiger partial charge in [0.25, 0.3) is 5.91 Å². The van der Waals surface area contributed by atoms with Crippen molar-refractivity contribution in [2.45, 2.75) is 25.7 Å². The van der Waals surface area contributed by atoms with Crippen LogP contribution in [-0.2, 0) is 12.8 Å². The zero-order valence-electron chi connectivity index (χ0n) is 16.5. The highest BCUT2D eigenvalue weighted by Gasteiger charge is 2.28. The fourth-order valence-corrected chi connectivity index (χ4v) is 3.82. The van der Waals surface area contributed by atoms with Crippen molar-refractivity contribution in [2.24, 2.45) is 0 Å². The Bertz CT molecular complexity index is 983. The zero-order chi connectivity index (χ0) is 20.2. The van der Waals surface area contributed by atoms with Crippen molar-refractivity contribution in [3.63, 3.8) is 0 Å². The number of fused-ring (bicyclic) bond motifs is 1. The van der Waals surface area contributed by atoms with E-state index in [1.807, 2.05) is 54.2 Å². The van der Waals surface area contributed by atoms with Crippen molar-refractivity contribution < 1.29 is 9.53 Å². The van der Waals surface area contributed by atoms with Gasteiger partial charge < -0.3 is 9.64 Å². The predicted octanol–water partition coefficient (Wildman–Crippen LogP) is 4.56. The third kappa shape index (κ3) is 4.30. The molecule has 2 aromatic carbocycles. The first-order chi connectivity index (χ1) is 14.1. The van der Waals surface area contributed by atoms with Crippen LogP contribution >= 0.6 is 11.6 Å². The van der Waals surface area contributed by atoms with E-state index in [9.17, 15) is 4.79 Å². The molecule has 3 aromatic rings. The molecule has 1 aliphatic rings. The van der Waals surface area contributed by atoms with Crippen LogP contribution < -0.4 is 4.74 Å². The quantitative estimate of drug-likeness (QED) is 0.537. The van der Waals surface area contributed by atoms with Gasteiger partial charge in [-0.2, -0.15) is 5.10 Å². The van der Waals surface area contributed by atoms with E-state index in [0.29, 0.717) is 23.9 Å². The zero-order valence-corrected chi connectivity index (χ0v) is 17.2. The van der Waals surface area contributed by atoms with Crippen LogP contribution in [0.3, 0.4) is 0 Å². The normalized spacial score (nSPS) is 12.6. The number of amides is 1. The summed E-state index contributed by atoms with van der Waals surface area (Å²) >= 11 is 5.88. The van der Waals surface area contributed by atoms with E-state index in [2.05, 4.69) is 5.10 Å². The summed E-state index contributed by atoms with van der Waals surface area (Å²) in [5, 5.41) is 5.37. The summed E-state index contributed by atoms with van der Waals surface area (Å²) in [6.07, 6.45) is 3.69. The van der Waals surface area contributed by atoms with Crippen molar-refractivity contribution in [3.05, 3.63) is 76.6 Å². The van der Waals surface area contributed by atoms with Gasteiger partial charge in [-0.05, 0) is 62.1 Å². The molecule has 0 spiro atoms. The molecular formula is C23H24ClN3O2. The molecule has 1 aromatic heterocycles. The molecule has 0 saturated heterocycles. The van der Waals surface area contributed by atoms with Gasteiger partial charge in [-0.1, -0.05) is 29.8 Å². The summed E-state index contributed by atoms with van der Waals surface area (Å²) in [6.45, 7) is 1.15. The van der Waals surface area contributed by atoms with Crippen LogP contribution in [0.5, 0.6) is 5.75 Å². The van der Waals surface area contributed by atoms with Gasteiger partial charge in [0.05, 0.1) is 12.3 Å². The molecule has 0 unspecified atom stereocenters. The summed E-state index contributed by atoms with van der Waals surface area (Å²) in [7, 11) is 1.83. The third-order valence-electron chi connectivity index (χ3n) is 5.20. The Hall–Kier alpha value is -2.79. The number of hydrogen-bond donors (Lipinski definition) is 0. The van der Waals surface area contributed by atoms with Gasteiger partial charge in [-0.3, -0.25) is 4.79 Å². The maximum Gasteiger partial charge on any atom is 0.274 e. The Morgan fingerprint density at radius 3 is 2.66 bits per heavy atom. The van der Waals surface area contributed by atoms with E-state index < -0.39 is 0 Å². The van der Waals surface area contributed by atoms with Gasteiger partial charge in [0.1, 0.15) is 5.75 Å². The Labute approximate surface area is 175 Å². The molecule has 0 radical (unpaired) electrons. The maximum atomic E-state index is 13.0. The van der Waals surface area contributed by atoms with E-state index in [1.165, 1.54) is 5.69 Å². The van der Waals surface area contributed by atoms with E-state index in [0.717, 1.165) is 42.7 Å². The maximum absolute atomic E-state index is 13.0. The first-order valence-electron chi connectivity index (χ1n) is 9.93. The second kappa shape index (κ2) is 8.70. The number of aromatic nitrogens is 2. The number of halogens is 1. The van der Waals surface area contributed by atoms with Gasteiger partial charge in [-0.25, -0.2) is 4.68 Å². The van der Waals surface area contributed by atoms with Gasteiger partial charge in [0, 0.05) is 29.9 Å². The molecule has 4 rings (SSSR count). The molecule has 6 heteroatoms. The minimum atomic E-state index is -0.0238. The molecule has 0 saturated carbocycles. The summed E-state index contributed by atoms with van der Waals surface area (Å²) in [5.41, 5.74) is 3.85. The van der Waals surface area contributed by atoms with Crippen LogP contribution in [0.15, 0.2) is 54.6 Å². The Morgan fingerprint density at radius 2 is 1.90 bits per heavy atom. The lowest BCUT2D eigenvalue weighted by molar-refractivity contribution is 0.0780. The number of rotatable bonds is 7. The summed E-state index contributed by atoms with van der Waals surface area (Å²) in [5.74, 6) is 0.757. The van der Waals surface area contributed by atoms with E-state index in [4.69, 9.17) is 16.3 Å². The van der Waals surface area contributed by atoms with Crippen LogP contribution in [0.25, 0.3) is 5.69 Å². The molecule has 1 aliphatic carbocycles. The van der Waals surface area contributed by atoms with Crippen LogP contribution in [0.1, 0.15) is 34.6 Å². The molecule has 5 nitrogen and oxygen atoms in total. The molecule has 0 aliphatic heterocycles. The van der Waals surface area contributed by atoms with Crippen molar-refractivity contribution in [1.82, 2.24) is 14.7 Å². The number of ether oxygens (including phenoxy) is 1. The highest BCUT2D eigenvalue weighted by Crippen LogP contribution is 2.28. The third-order valence-corrected chi connectivity index (χ3v) is 5.45. The highest BCUT2D eigenvalue weighted by atomic mass is 35.5. The SMILES string of the molecule is CN(CCCOc1ccc(Cl)cc1)C(=O)c1nn(-c2ccccc2)c2c1CCC2. The fraction of sp³-hybridized carbons (Fsp3) is 0.304. The van der Waals surface area contributed by atoms with Crippen molar-refractivity contribution in [1.29, 1.82) is 0 Å². The summed E-state index contributed by atoms with van der Waals surface area (Å²) < 4.78 is 7.65. The van der Waals surface area contributed by atoms with Crippen LogP contribution in [0, 0.1) is 0 Å². The van der Waals surface area contributed by atoms with Gasteiger partial charge >= 0.3 is 0 Å². The number of hydrogen-bond acceptors (Lipinski definition) is 3. The Kier molecular flexibility index (Phi) is 5.86. The van der Waals surface area contributed by atoms with Crippen LogP contribution in [0.2, 0.25) is 5.02 Å². The van der Waals surface area contributed by atoms with Gasteiger partial charge in [0.2, 0.25) is 0 Å². The van der Waals surface area contributed by atoms with E-state index >= 15 is 0 Å². The van der Waals surface area contributed by atoms with Crippen LogP contribution in [0.4, 0.5) is 0 Å². The van der Waals surface area contributed by atoms with Crippen molar-refractivity contribution in [2.75, 3.05) is 20.2 Å². The second-order valence-corrected chi connectivity index (χ2v) is 7.69. The van der Waals surface area contributed by atoms with Crippen LogP contribution in [-0.4, -0.2) is 40.8 Å².